The summed E-state index contributed by atoms with van der Waals surface area (Å²) >= 11 is 0. The summed E-state index contributed by atoms with van der Waals surface area (Å²) in [6, 6.07) is 8.57. The van der Waals surface area contributed by atoms with Gasteiger partial charge in [0.05, 0.1) is 11.4 Å². The van der Waals surface area contributed by atoms with Crippen LogP contribution in [0.25, 0.3) is 0 Å². The van der Waals surface area contributed by atoms with Gasteiger partial charge in [0.15, 0.2) is 5.82 Å². The van der Waals surface area contributed by atoms with E-state index in [2.05, 4.69) is 28.9 Å². The van der Waals surface area contributed by atoms with E-state index >= 15 is 0 Å². The fraction of sp³-hybridized carbons (Fsp3) is 0.529. The van der Waals surface area contributed by atoms with Gasteiger partial charge in [-0.05, 0) is 18.1 Å². The number of benzene rings is 1. The van der Waals surface area contributed by atoms with Gasteiger partial charge in [0.2, 0.25) is 15.9 Å². The van der Waals surface area contributed by atoms with E-state index in [-0.39, 0.29) is 0 Å². The predicted octanol–water partition coefficient (Wildman–Crippen LogP) is 1.77. The summed E-state index contributed by atoms with van der Waals surface area (Å²) in [7, 11) is -3.41. The zero-order valence-electron chi connectivity index (χ0n) is 14.6. The Hall–Kier alpha value is -1.77. The Balaban J connectivity index is 1.56. The highest BCUT2D eigenvalue weighted by atomic mass is 32.2. The molecule has 0 unspecified atom stereocenters. The van der Waals surface area contributed by atoms with Crippen LogP contribution in [0.3, 0.4) is 0 Å². The average molecular weight is 364 g/mol. The summed E-state index contributed by atoms with van der Waals surface area (Å²) in [6.07, 6.45) is 0.798. The molecule has 8 heteroatoms. The zero-order valence-corrected chi connectivity index (χ0v) is 15.4. The molecule has 0 atom stereocenters. The smallest absolute Gasteiger partial charge is 0.243 e. The van der Waals surface area contributed by atoms with Crippen molar-refractivity contribution in [2.24, 2.45) is 5.92 Å². The van der Waals surface area contributed by atoms with Crippen LogP contribution in [0.1, 0.15) is 25.6 Å². The second-order valence-corrected chi connectivity index (χ2v) is 8.63. The van der Waals surface area contributed by atoms with Crippen LogP contribution >= 0.6 is 0 Å². The molecule has 1 aromatic carbocycles. The molecule has 1 aliphatic heterocycles. The maximum absolute atomic E-state index is 12.6. The molecule has 0 amide bonds. The molecule has 1 fully saturated rings. The van der Waals surface area contributed by atoms with Crippen molar-refractivity contribution in [3.8, 4) is 0 Å². The van der Waals surface area contributed by atoms with Gasteiger partial charge in [-0.2, -0.15) is 9.29 Å². The molecule has 0 spiro atoms. The minimum absolute atomic E-state index is 0.346. The third-order valence-electron chi connectivity index (χ3n) is 4.17. The third kappa shape index (κ3) is 4.45. The van der Waals surface area contributed by atoms with Crippen molar-refractivity contribution in [3.05, 3.63) is 42.0 Å². The van der Waals surface area contributed by atoms with Gasteiger partial charge in [-0.1, -0.05) is 37.2 Å². The van der Waals surface area contributed by atoms with Crippen LogP contribution in [0, 0.1) is 5.92 Å². The maximum Gasteiger partial charge on any atom is 0.243 e. The van der Waals surface area contributed by atoms with Gasteiger partial charge >= 0.3 is 0 Å². The van der Waals surface area contributed by atoms with Crippen molar-refractivity contribution in [1.82, 2.24) is 19.3 Å². The van der Waals surface area contributed by atoms with E-state index in [0.29, 0.717) is 49.4 Å². The standard InChI is InChI=1S/C17H24N4O3S/c1-14(2)12-16-18-17(24-19-16)13-20-8-10-21(11-9-20)25(22,23)15-6-4-3-5-7-15/h3-7,14H,8-13H2,1-2H3. The monoisotopic (exact) mass is 364 g/mol. The lowest BCUT2D eigenvalue weighted by molar-refractivity contribution is 0.163. The predicted molar refractivity (Wildman–Crippen MR) is 93.3 cm³/mol. The fourth-order valence-electron chi connectivity index (χ4n) is 2.86. The van der Waals surface area contributed by atoms with Crippen molar-refractivity contribution in [3.63, 3.8) is 0 Å². The highest BCUT2D eigenvalue weighted by Gasteiger charge is 2.28. The number of nitrogens with zero attached hydrogens (tertiary/aromatic N) is 4. The Labute approximate surface area is 148 Å². The molecule has 0 radical (unpaired) electrons. The number of aromatic nitrogens is 2. The van der Waals surface area contributed by atoms with E-state index < -0.39 is 10.0 Å². The summed E-state index contributed by atoms with van der Waals surface area (Å²) in [5.74, 6) is 1.81. The number of hydrogen-bond acceptors (Lipinski definition) is 6. The summed E-state index contributed by atoms with van der Waals surface area (Å²) in [5.41, 5.74) is 0. The van der Waals surface area contributed by atoms with Crippen molar-refractivity contribution < 1.29 is 12.9 Å². The van der Waals surface area contributed by atoms with Crippen molar-refractivity contribution in [1.29, 1.82) is 0 Å². The summed E-state index contributed by atoms with van der Waals surface area (Å²) < 4.78 is 32.1. The van der Waals surface area contributed by atoms with Crippen LogP contribution in [-0.2, 0) is 23.0 Å². The molecular weight excluding hydrogens is 340 g/mol. The van der Waals surface area contributed by atoms with Gasteiger partial charge in [-0.3, -0.25) is 4.90 Å². The SMILES string of the molecule is CC(C)Cc1noc(CN2CCN(S(=O)(=O)c3ccccc3)CC2)n1. The molecular formula is C17H24N4O3S. The zero-order chi connectivity index (χ0) is 17.9. The van der Waals surface area contributed by atoms with E-state index in [0.717, 1.165) is 12.2 Å². The molecule has 0 saturated carbocycles. The van der Waals surface area contributed by atoms with Crippen LogP contribution in [0.4, 0.5) is 0 Å². The molecule has 2 aromatic rings. The lowest BCUT2D eigenvalue weighted by Gasteiger charge is -2.33. The molecule has 136 valence electrons. The summed E-state index contributed by atoms with van der Waals surface area (Å²) in [5, 5.41) is 4.00. The molecule has 1 saturated heterocycles. The van der Waals surface area contributed by atoms with E-state index in [4.69, 9.17) is 4.52 Å². The van der Waals surface area contributed by atoms with Crippen molar-refractivity contribution >= 4 is 10.0 Å². The second-order valence-electron chi connectivity index (χ2n) is 6.70. The highest BCUT2D eigenvalue weighted by molar-refractivity contribution is 7.89. The third-order valence-corrected chi connectivity index (χ3v) is 6.08. The lowest BCUT2D eigenvalue weighted by atomic mass is 10.1. The van der Waals surface area contributed by atoms with Crippen LogP contribution in [0.5, 0.6) is 0 Å². The van der Waals surface area contributed by atoms with Gasteiger partial charge in [0, 0.05) is 32.6 Å². The number of piperazine rings is 1. The summed E-state index contributed by atoms with van der Waals surface area (Å²) in [4.78, 5) is 6.90. The molecule has 0 aliphatic carbocycles. The van der Waals surface area contributed by atoms with E-state index in [1.165, 1.54) is 4.31 Å². The minimum Gasteiger partial charge on any atom is -0.338 e. The number of sulfonamides is 1. The second kappa shape index (κ2) is 7.63. The quantitative estimate of drug-likeness (QED) is 0.777. The van der Waals surface area contributed by atoms with Gasteiger partial charge in [0.1, 0.15) is 0 Å². The van der Waals surface area contributed by atoms with Crippen LogP contribution in [0.2, 0.25) is 0 Å². The Morgan fingerprint density at radius 1 is 1.12 bits per heavy atom. The first kappa shape index (κ1) is 18.0. The molecule has 3 rings (SSSR count). The topological polar surface area (TPSA) is 79.5 Å². The van der Waals surface area contributed by atoms with Crippen molar-refractivity contribution in [2.75, 3.05) is 26.2 Å². The summed E-state index contributed by atoms with van der Waals surface area (Å²) in [6.45, 7) is 7.01. The number of hydrogen-bond donors (Lipinski definition) is 0. The first-order valence-electron chi connectivity index (χ1n) is 8.54. The Bertz CT molecular complexity index is 781. The van der Waals surface area contributed by atoms with Gasteiger partial charge in [0.25, 0.3) is 0 Å². The first-order valence-corrected chi connectivity index (χ1v) is 9.98. The van der Waals surface area contributed by atoms with E-state index in [1.807, 2.05) is 6.07 Å². The Morgan fingerprint density at radius 2 is 1.80 bits per heavy atom. The van der Waals surface area contributed by atoms with Crippen molar-refractivity contribution in [2.45, 2.75) is 31.7 Å². The van der Waals surface area contributed by atoms with Crippen LogP contribution in [0.15, 0.2) is 39.8 Å². The highest BCUT2D eigenvalue weighted by Crippen LogP contribution is 2.18. The van der Waals surface area contributed by atoms with Crippen LogP contribution < -0.4 is 0 Å². The molecule has 2 heterocycles. The Kier molecular flexibility index (Phi) is 5.51. The molecule has 7 nitrogen and oxygen atoms in total. The van der Waals surface area contributed by atoms with Crippen LogP contribution in [-0.4, -0.2) is 53.9 Å². The maximum atomic E-state index is 12.6. The molecule has 0 bridgehead atoms. The molecule has 0 N–H and O–H groups in total. The van der Waals surface area contributed by atoms with E-state index in [9.17, 15) is 8.42 Å². The largest absolute Gasteiger partial charge is 0.338 e. The normalized spacial score (nSPS) is 17.2. The number of rotatable bonds is 6. The average Bonchev–Trinajstić information content (AvgIpc) is 3.02. The van der Waals surface area contributed by atoms with E-state index in [1.54, 1.807) is 24.3 Å². The first-order chi connectivity index (χ1) is 11.9. The molecule has 25 heavy (non-hydrogen) atoms. The lowest BCUT2D eigenvalue weighted by Crippen LogP contribution is -2.48. The van der Waals surface area contributed by atoms with Gasteiger partial charge in [-0.15, -0.1) is 0 Å². The molecule has 1 aromatic heterocycles. The Morgan fingerprint density at radius 3 is 2.44 bits per heavy atom. The van der Waals surface area contributed by atoms with Gasteiger partial charge in [-0.25, -0.2) is 8.42 Å². The molecule has 1 aliphatic rings. The minimum atomic E-state index is -3.41. The van der Waals surface area contributed by atoms with Gasteiger partial charge < -0.3 is 4.52 Å². The fourth-order valence-corrected chi connectivity index (χ4v) is 4.31.